The molecular weight excluding hydrogens is 364 g/mol. The zero-order chi connectivity index (χ0) is 19.7. The molecule has 4 rings (SSSR count). The number of hydrogen-bond acceptors (Lipinski definition) is 6. The lowest BCUT2D eigenvalue weighted by Crippen LogP contribution is -2.39. The molecule has 1 aromatic carbocycles. The van der Waals surface area contributed by atoms with Gasteiger partial charge >= 0.3 is 5.97 Å². The second-order valence-corrected chi connectivity index (χ2v) is 7.12. The van der Waals surface area contributed by atoms with Crippen LogP contribution in [0, 0.1) is 12.8 Å². The smallest absolute Gasteiger partial charge is 0.306 e. The van der Waals surface area contributed by atoms with Crippen molar-refractivity contribution < 1.29 is 24.2 Å². The number of carbonyl (C=O) groups excluding carboxylic acids is 1. The third kappa shape index (κ3) is 3.51. The Labute approximate surface area is 161 Å². The fourth-order valence-electron chi connectivity index (χ4n) is 3.69. The van der Waals surface area contributed by atoms with Gasteiger partial charge in [-0.1, -0.05) is 5.21 Å². The van der Waals surface area contributed by atoms with Gasteiger partial charge in [0.15, 0.2) is 17.2 Å². The maximum absolute atomic E-state index is 12.6. The maximum Gasteiger partial charge on any atom is 0.306 e. The van der Waals surface area contributed by atoms with Gasteiger partial charge < -0.3 is 19.9 Å². The molecule has 0 saturated heterocycles. The topological polar surface area (TPSA) is 116 Å². The zero-order valence-electron chi connectivity index (χ0n) is 15.6. The Hall–Kier alpha value is -3.10. The zero-order valence-corrected chi connectivity index (χ0v) is 15.6. The molecule has 28 heavy (non-hydrogen) atoms. The van der Waals surface area contributed by atoms with Crippen LogP contribution in [0.25, 0.3) is 5.69 Å². The monoisotopic (exact) mass is 386 g/mol. The largest absolute Gasteiger partial charge is 0.486 e. The van der Waals surface area contributed by atoms with Crippen LogP contribution in [0.2, 0.25) is 0 Å². The van der Waals surface area contributed by atoms with Gasteiger partial charge in [-0.05, 0) is 44.7 Å². The van der Waals surface area contributed by atoms with Crippen molar-refractivity contribution in [1.29, 1.82) is 0 Å². The fraction of sp³-hybridized carbons (Fsp3) is 0.474. The summed E-state index contributed by atoms with van der Waals surface area (Å²) in [5, 5.41) is 20.2. The lowest BCUT2D eigenvalue weighted by atomic mass is 9.86. The summed E-state index contributed by atoms with van der Waals surface area (Å²) < 4.78 is 12.7. The molecule has 0 bridgehead atoms. The standard InChI is InChI=1S/C19H22N4O5/c1-11-17(18(24)20-13-4-2-12(3-5-13)19(25)26)21-22-23(11)14-6-7-15-16(10-14)28-9-8-27-15/h6-7,10,12-13H,2-5,8-9H2,1H3,(H,20,24)(H,25,26). The summed E-state index contributed by atoms with van der Waals surface area (Å²) in [6.45, 7) is 2.80. The van der Waals surface area contributed by atoms with Crippen molar-refractivity contribution in [1.82, 2.24) is 20.3 Å². The number of hydrogen-bond donors (Lipinski definition) is 2. The van der Waals surface area contributed by atoms with Gasteiger partial charge in [-0.25, -0.2) is 4.68 Å². The predicted molar refractivity (Wildman–Crippen MR) is 97.9 cm³/mol. The van der Waals surface area contributed by atoms with E-state index in [0.29, 0.717) is 56.1 Å². The number of aromatic nitrogens is 3. The molecule has 0 unspecified atom stereocenters. The molecule has 148 valence electrons. The molecule has 0 spiro atoms. The first-order valence-corrected chi connectivity index (χ1v) is 9.39. The molecule has 1 amide bonds. The lowest BCUT2D eigenvalue weighted by molar-refractivity contribution is -0.142. The number of fused-ring (bicyclic) bond motifs is 1. The van der Waals surface area contributed by atoms with Gasteiger partial charge in [0.05, 0.1) is 17.3 Å². The van der Waals surface area contributed by atoms with Gasteiger partial charge in [0.1, 0.15) is 13.2 Å². The van der Waals surface area contributed by atoms with Crippen LogP contribution in [0.15, 0.2) is 18.2 Å². The molecule has 0 radical (unpaired) electrons. The third-order valence-corrected chi connectivity index (χ3v) is 5.29. The van der Waals surface area contributed by atoms with Crippen molar-refractivity contribution in [3.05, 3.63) is 29.6 Å². The minimum absolute atomic E-state index is 0.0399. The number of ether oxygens (including phenoxy) is 2. The molecule has 1 aromatic heterocycles. The second-order valence-electron chi connectivity index (χ2n) is 7.12. The number of benzene rings is 1. The quantitative estimate of drug-likeness (QED) is 0.822. The van der Waals surface area contributed by atoms with Gasteiger partial charge in [-0.3, -0.25) is 9.59 Å². The fourth-order valence-corrected chi connectivity index (χ4v) is 3.69. The number of amides is 1. The first-order chi connectivity index (χ1) is 13.5. The highest BCUT2D eigenvalue weighted by Gasteiger charge is 2.28. The Bertz CT molecular complexity index is 902. The Morgan fingerprint density at radius 1 is 1.14 bits per heavy atom. The Balaban J connectivity index is 1.46. The van der Waals surface area contributed by atoms with Crippen molar-refractivity contribution in [2.24, 2.45) is 5.92 Å². The van der Waals surface area contributed by atoms with E-state index >= 15 is 0 Å². The minimum atomic E-state index is -0.761. The number of nitrogens with zero attached hydrogens (tertiary/aromatic N) is 3. The Morgan fingerprint density at radius 2 is 1.86 bits per heavy atom. The van der Waals surface area contributed by atoms with Gasteiger partial charge in [0.25, 0.3) is 5.91 Å². The molecule has 1 aliphatic heterocycles. The predicted octanol–water partition coefficient (Wildman–Crippen LogP) is 1.72. The van der Waals surface area contributed by atoms with Crippen LogP contribution in [0.5, 0.6) is 11.5 Å². The molecule has 1 fully saturated rings. The summed E-state index contributed by atoms with van der Waals surface area (Å²) in [6.07, 6.45) is 2.45. The van der Waals surface area contributed by atoms with Gasteiger partial charge in [0, 0.05) is 12.1 Å². The highest BCUT2D eigenvalue weighted by Crippen LogP contribution is 2.32. The molecule has 1 saturated carbocycles. The summed E-state index contributed by atoms with van der Waals surface area (Å²) in [5.41, 5.74) is 1.61. The van der Waals surface area contributed by atoms with Crippen molar-refractivity contribution in [3.8, 4) is 17.2 Å². The average Bonchev–Trinajstić information content (AvgIpc) is 3.09. The van der Waals surface area contributed by atoms with E-state index in [1.54, 1.807) is 11.6 Å². The summed E-state index contributed by atoms with van der Waals surface area (Å²) in [7, 11) is 0. The first kappa shape index (κ1) is 18.3. The number of carbonyl (C=O) groups is 2. The number of carboxylic acids is 1. The first-order valence-electron chi connectivity index (χ1n) is 9.39. The summed E-state index contributed by atoms with van der Waals surface area (Å²) >= 11 is 0. The molecule has 9 heteroatoms. The van der Waals surface area contributed by atoms with Gasteiger partial charge in [0.2, 0.25) is 0 Å². The van der Waals surface area contributed by atoms with Crippen LogP contribution < -0.4 is 14.8 Å². The van der Waals surface area contributed by atoms with E-state index < -0.39 is 5.97 Å². The van der Waals surface area contributed by atoms with Crippen LogP contribution in [0.4, 0.5) is 0 Å². The van der Waals surface area contributed by atoms with Crippen LogP contribution >= 0.6 is 0 Å². The molecule has 0 atom stereocenters. The van der Waals surface area contributed by atoms with E-state index in [-0.39, 0.29) is 23.6 Å². The molecule has 2 aromatic rings. The van der Waals surface area contributed by atoms with Gasteiger partial charge in [-0.2, -0.15) is 0 Å². The number of nitrogens with one attached hydrogen (secondary N) is 1. The maximum atomic E-state index is 12.6. The third-order valence-electron chi connectivity index (χ3n) is 5.29. The number of carboxylic acid groups (broad SMARTS) is 1. The van der Waals surface area contributed by atoms with Gasteiger partial charge in [-0.15, -0.1) is 5.10 Å². The van der Waals surface area contributed by atoms with E-state index in [1.165, 1.54) is 0 Å². The van der Waals surface area contributed by atoms with E-state index in [0.717, 1.165) is 5.69 Å². The van der Waals surface area contributed by atoms with Crippen molar-refractivity contribution in [3.63, 3.8) is 0 Å². The van der Waals surface area contributed by atoms with E-state index in [9.17, 15) is 9.59 Å². The van der Waals surface area contributed by atoms with E-state index in [2.05, 4.69) is 15.6 Å². The number of rotatable bonds is 4. The molecule has 1 aliphatic carbocycles. The van der Waals surface area contributed by atoms with Crippen LogP contribution in [-0.2, 0) is 4.79 Å². The highest BCUT2D eigenvalue weighted by molar-refractivity contribution is 5.93. The summed E-state index contributed by atoms with van der Waals surface area (Å²) in [6, 6.07) is 5.42. The van der Waals surface area contributed by atoms with Crippen LogP contribution in [0.1, 0.15) is 41.9 Å². The van der Waals surface area contributed by atoms with Crippen molar-refractivity contribution in [2.45, 2.75) is 38.6 Å². The van der Waals surface area contributed by atoms with E-state index in [4.69, 9.17) is 14.6 Å². The van der Waals surface area contributed by atoms with Crippen LogP contribution in [-0.4, -0.2) is 51.2 Å². The SMILES string of the molecule is Cc1c(C(=O)NC2CCC(C(=O)O)CC2)nnn1-c1ccc2c(c1)OCCO2. The average molecular weight is 386 g/mol. The minimum Gasteiger partial charge on any atom is -0.486 e. The highest BCUT2D eigenvalue weighted by atomic mass is 16.6. The Morgan fingerprint density at radius 3 is 2.57 bits per heavy atom. The molecule has 9 nitrogen and oxygen atoms in total. The number of aliphatic carboxylic acids is 1. The lowest BCUT2D eigenvalue weighted by Gasteiger charge is -2.26. The molecule has 2 heterocycles. The Kier molecular flexibility index (Phi) is 4.89. The van der Waals surface area contributed by atoms with Crippen molar-refractivity contribution in [2.75, 3.05) is 13.2 Å². The molecule has 2 aliphatic rings. The van der Waals surface area contributed by atoms with E-state index in [1.807, 2.05) is 18.2 Å². The van der Waals surface area contributed by atoms with Crippen LogP contribution in [0.3, 0.4) is 0 Å². The molecule has 2 N–H and O–H groups in total. The summed E-state index contributed by atoms with van der Waals surface area (Å²) in [4.78, 5) is 23.7. The normalized spacial score (nSPS) is 21.2. The molecular formula is C19H22N4O5. The second kappa shape index (κ2) is 7.49. The van der Waals surface area contributed by atoms with Crippen molar-refractivity contribution >= 4 is 11.9 Å². The summed E-state index contributed by atoms with van der Waals surface area (Å²) in [5.74, 6) is -0.0448.